The minimum atomic E-state index is -1.23. The standard InChI is InChI=1S/C27H44O4/c1-18(2)8-13-24(29)26(5,30)23-14-16-27(31)21(7-6-15-25(23,27)4)11-10-20-17-22(28)12-9-19(20)3/h10-11,18,22-24,28-31H,3,6-9,12-17H2,1-2,4-5H3/b20-10-,21-11+/t22-,23-,24?,25+,26-,27+/m0/s1. The van der Waals surface area contributed by atoms with Gasteiger partial charge in [-0.05, 0) is 94.1 Å². The third kappa shape index (κ3) is 4.59. The molecule has 0 aromatic carbocycles. The summed E-state index contributed by atoms with van der Waals surface area (Å²) in [7, 11) is 0. The van der Waals surface area contributed by atoms with Gasteiger partial charge in [0.25, 0.3) is 0 Å². The number of allylic oxidation sites excluding steroid dienone is 3. The van der Waals surface area contributed by atoms with Gasteiger partial charge in [-0.15, -0.1) is 0 Å². The Kier molecular flexibility index (Phi) is 7.27. The van der Waals surface area contributed by atoms with E-state index in [0.717, 1.165) is 55.2 Å². The summed E-state index contributed by atoms with van der Waals surface area (Å²) in [4.78, 5) is 0. The zero-order valence-electron chi connectivity index (χ0n) is 20.0. The smallest absolute Gasteiger partial charge is 0.0916 e. The molecular weight excluding hydrogens is 388 g/mol. The van der Waals surface area contributed by atoms with Crippen LogP contribution in [-0.2, 0) is 0 Å². The molecule has 4 nitrogen and oxygen atoms in total. The molecule has 4 heteroatoms. The van der Waals surface area contributed by atoms with E-state index in [1.807, 2.05) is 6.08 Å². The van der Waals surface area contributed by atoms with Crippen LogP contribution in [0.2, 0.25) is 0 Å². The first-order chi connectivity index (χ1) is 14.4. The molecule has 0 bridgehead atoms. The molecule has 3 rings (SSSR count). The van der Waals surface area contributed by atoms with Crippen molar-refractivity contribution in [2.45, 2.75) is 115 Å². The summed E-state index contributed by atoms with van der Waals surface area (Å²) < 4.78 is 0. The fourth-order valence-electron chi connectivity index (χ4n) is 6.57. The fourth-order valence-corrected chi connectivity index (χ4v) is 6.57. The van der Waals surface area contributed by atoms with Crippen LogP contribution in [0, 0.1) is 17.3 Å². The van der Waals surface area contributed by atoms with Crippen molar-refractivity contribution in [2.24, 2.45) is 17.3 Å². The Balaban J connectivity index is 1.86. The molecule has 3 aliphatic rings. The maximum absolute atomic E-state index is 11.9. The normalized spacial score (nSPS) is 39.7. The molecule has 1 unspecified atom stereocenters. The van der Waals surface area contributed by atoms with Crippen LogP contribution in [0.5, 0.6) is 0 Å². The van der Waals surface area contributed by atoms with Crippen molar-refractivity contribution >= 4 is 0 Å². The van der Waals surface area contributed by atoms with E-state index in [-0.39, 0.29) is 12.0 Å². The Morgan fingerprint density at radius 3 is 2.55 bits per heavy atom. The summed E-state index contributed by atoms with van der Waals surface area (Å²) in [5, 5.41) is 44.3. The zero-order chi connectivity index (χ0) is 23.0. The van der Waals surface area contributed by atoms with Gasteiger partial charge in [-0.2, -0.15) is 0 Å². The molecule has 0 aromatic heterocycles. The van der Waals surface area contributed by atoms with Crippen molar-refractivity contribution in [1.82, 2.24) is 0 Å². The zero-order valence-corrected chi connectivity index (χ0v) is 20.0. The first kappa shape index (κ1) is 24.7. The van der Waals surface area contributed by atoms with E-state index in [2.05, 4.69) is 33.4 Å². The van der Waals surface area contributed by atoms with Gasteiger partial charge in [0, 0.05) is 5.41 Å². The highest BCUT2D eigenvalue weighted by molar-refractivity contribution is 5.38. The monoisotopic (exact) mass is 432 g/mol. The van der Waals surface area contributed by atoms with Crippen LogP contribution in [-0.4, -0.2) is 43.8 Å². The highest BCUT2D eigenvalue weighted by atomic mass is 16.3. The first-order valence-corrected chi connectivity index (χ1v) is 12.3. The number of aliphatic hydroxyl groups is 4. The van der Waals surface area contributed by atoms with Gasteiger partial charge in [0.1, 0.15) is 0 Å². The molecule has 0 amide bonds. The van der Waals surface area contributed by atoms with Gasteiger partial charge in [-0.1, -0.05) is 45.1 Å². The van der Waals surface area contributed by atoms with Gasteiger partial charge in [0.15, 0.2) is 0 Å². The maximum Gasteiger partial charge on any atom is 0.0916 e. The van der Waals surface area contributed by atoms with Gasteiger partial charge in [0.2, 0.25) is 0 Å². The highest BCUT2D eigenvalue weighted by Crippen LogP contribution is 2.63. The summed E-state index contributed by atoms with van der Waals surface area (Å²) in [6.45, 7) is 12.3. The topological polar surface area (TPSA) is 80.9 Å². The molecule has 176 valence electrons. The minimum absolute atomic E-state index is 0.157. The van der Waals surface area contributed by atoms with Crippen LogP contribution >= 0.6 is 0 Å². The van der Waals surface area contributed by atoms with Gasteiger partial charge in [0.05, 0.1) is 23.4 Å². The van der Waals surface area contributed by atoms with Crippen LogP contribution in [0.25, 0.3) is 0 Å². The number of hydrogen-bond donors (Lipinski definition) is 4. The Morgan fingerprint density at radius 1 is 1.16 bits per heavy atom. The second-order valence-electron chi connectivity index (χ2n) is 11.3. The lowest BCUT2D eigenvalue weighted by Crippen LogP contribution is -2.57. The van der Waals surface area contributed by atoms with E-state index in [1.54, 1.807) is 6.92 Å². The quantitative estimate of drug-likeness (QED) is 0.485. The van der Waals surface area contributed by atoms with Crippen molar-refractivity contribution in [3.63, 3.8) is 0 Å². The van der Waals surface area contributed by atoms with E-state index in [4.69, 9.17) is 0 Å². The first-order valence-electron chi connectivity index (χ1n) is 12.3. The molecule has 0 spiro atoms. The second-order valence-corrected chi connectivity index (χ2v) is 11.3. The van der Waals surface area contributed by atoms with Crippen LogP contribution in [0.15, 0.2) is 35.5 Å². The summed E-state index contributed by atoms with van der Waals surface area (Å²) in [6, 6.07) is 0. The number of rotatable bonds is 6. The molecule has 0 aliphatic heterocycles. The summed E-state index contributed by atoms with van der Waals surface area (Å²) >= 11 is 0. The molecule has 0 aromatic rings. The van der Waals surface area contributed by atoms with Crippen LogP contribution in [0.4, 0.5) is 0 Å². The summed E-state index contributed by atoms with van der Waals surface area (Å²) in [6.07, 6.45) is 10.6. The van der Waals surface area contributed by atoms with Crippen molar-refractivity contribution in [1.29, 1.82) is 0 Å². The lowest BCUT2D eigenvalue weighted by Gasteiger charge is -2.52. The van der Waals surface area contributed by atoms with E-state index in [0.29, 0.717) is 31.6 Å². The SMILES string of the molecule is C=C1CC[C@H](O)C/C1=C/C=C1\CCC[C@]2(C)[C@@H]([C@](C)(O)C(O)CCC(C)C)CC[C@@]12O. The van der Waals surface area contributed by atoms with Crippen molar-refractivity contribution in [3.05, 3.63) is 35.5 Å². The van der Waals surface area contributed by atoms with Gasteiger partial charge < -0.3 is 20.4 Å². The average molecular weight is 433 g/mol. The Hall–Kier alpha value is -0.940. The minimum Gasteiger partial charge on any atom is -0.393 e. The average Bonchev–Trinajstić information content (AvgIpc) is 2.98. The van der Waals surface area contributed by atoms with Crippen LogP contribution in [0.1, 0.15) is 91.9 Å². The molecule has 31 heavy (non-hydrogen) atoms. The van der Waals surface area contributed by atoms with Gasteiger partial charge in [-0.25, -0.2) is 0 Å². The summed E-state index contributed by atoms with van der Waals surface area (Å²) in [5.74, 6) is 0.321. The van der Waals surface area contributed by atoms with Gasteiger partial charge in [-0.3, -0.25) is 0 Å². The lowest BCUT2D eigenvalue weighted by atomic mass is 9.57. The molecule has 0 saturated heterocycles. The second kappa shape index (κ2) is 9.13. The van der Waals surface area contributed by atoms with E-state index in [9.17, 15) is 20.4 Å². The number of aliphatic hydroxyl groups excluding tert-OH is 2. The molecule has 3 aliphatic carbocycles. The predicted octanol–water partition coefficient (Wildman–Crippen LogP) is 4.82. The molecule has 6 atom stereocenters. The van der Waals surface area contributed by atoms with Crippen molar-refractivity contribution < 1.29 is 20.4 Å². The predicted molar refractivity (Wildman–Crippen MR) is 125 cm³/mol. The molecule has 3 saturated carbocycles. The van der Waals surface area contributed by atoms with Crippen molar-refractivity contribution in [3.8, 4) is 0 Å². The molecule has 0 radical (unpaired) electrons. The Bertz CT molecular complexity index is 734. The molecule has 4 N–H and O–H groups in total. The summed E-state index contributed by atoms with van der Waals surface area (Å²) in [5.41, 5.74) is 0.513. The number of hydrogen-bond acceptors (Lipinski definition) is 4. The fraction of sp³-hybridized carbons (Fsp3) is 0.778. The third-order valence-electron chi connectivity index (χ3n) is 8.75. The Labute approximate surface area is 188 Å². The van der Waals surface area contributed by atoms with E-state index in [1.165, 1.54) is 0 Å². The van der Waals surface area contributed by atoms with E-state index >= 15 is 0 Å². The lowest BCUT2D eigenvalue weighted by molar-refractivity contribution is -0.159. The maximum atomic E-state index is 11.9. The number of fused-ring (bicyclic) bond motifs is 1. The van der Waals surface area contributed by atoms with Crippen molar-refractivity contribution in [2.75, 3.05) is 0 Å². The van der Waals surface area contributed by atoms with Gasteiger partial charge >= 0.3 is 0 Å². The highest BCUT2D eigenvalue weighted by Gasteiger charge is 2.64. The largest absolute Gasteiger partial charge is 0.393 e. The third-order valence-corrected chi connectivity index (χ3v) is 8.75. The molecule has 3 fully saturated rings. The van der Waals surface area contributed by atoms with E-state index < -0.39 is 22.7 Å². The molecular formula is C27H44O4. The Morgan fingerprint density at radius 2 is 1.87 bits per heavy atom. The van der Waals surface area contributed by atoms with Crippen LogP contribution < -0.4 is 0 Å². The molecule has 0 heterocycles. The van der Waals surface area contributed by atoms with Crippen LogP contribution in [0.3, 0.4) is 0 Å².